The molecule has 0 aliphatic carbocycles. The molecule has 120 valence electrons. The summed E-state index contributed by atoms with van der Waals surface area (Å²) in [6.45, 7) is 9.32. The van der Waals surface area contributed by atoms with Crippen LogP contribution in [0.4, 0.5) is 0 Å². The molecule has 0 spiro atoms. The van der Waals surface area contributed by atoms with Gasteiger partial charge in [-0.05, 0) is 12.3 Å². The van der Waals surface area contributed by atoms with Crippen molar-refractivity contribution in [1.29, 1.82) is 5.26 Å². The Balaban J connectivity index is 2.49. The number of rotatable bonds is 8. The lowest BCUT2D eigenvalue weighted by molar-refractivity contribution is -0.133. The number of hydrogen-bond acceptors (Lipinski definition) is 5. The maximum atomic E-state index is 12.4. The Morgan fingerprint density at radius 1 is 1.38 bits per heavy atom. The molecule has 1 rings (SSSR count). The fourth-order valence-electron chi connectivity index (χ4n) is 2.45. The van der Waals surface area contributed by atoms with Crippen molar-refractivity contribution < 1.29 is 9.53 Å². The smallest absolute Gasteiger partial charge is 0.239 e. The fourth-order valence-corrected chi connectivity index (χ4v) is 2.45. The average molecular weight is 296 g/mol. The molecular formula is C15H28N4O2. The molecule has 1 aliphatic heterocycles. The number of nitrogens with zero attached hydrogens (tertiary/aromatic N) is 3. The Kier molecular flexibility index (Phi) is 8.28. The third-order valence-electron chi connectivity index (χ3n) is 3.64. The zero-order valence-electron chi connectivity index (χ0n) is 13.3. The van der Waals surface area contributed by atoms with Gasteiger partial charge in [0.05, 0.1) is 31.7 Å². The third kappa shape index (κ3) is 6.89. The van der Waals surface area contributed by atoms with Crippen LogP contribution in [0, 0.1) is 17.2 Å². The SMILES string of the molecule is CC(C)C[C@@H](N)C(=O)N(CCC#N)CCN1CCOCC1. The van der Waals surface area contributed by atoms with Crippen LogP contribution in [0.5, 0.6) is 0 Å². The summed E-state index contributed by atoms with van der Waals surface area (Å²) in [6, 6.07) is 1.64. The molecule has 0 radical (unpaired) electrons. The second-order valence-electron chi connectivity index (χ2n) is 5.92. The summed E-state index contributed by atoms with van der Waals surface area (Å²) in [5.74, 6) is 0.355. The molecule has 1 saturated heterocycles. The predicted molar refractivity (Wildman–Crippen MR) is 81.5 cm³/mol. The summed E-state index contributed by atoms with van der Waals surface area (Å²) in [5, 5.41) is 8.75. The van der Waals surface area contributed by atoms with Crippen LogP contribution in [0.1, 0.15) is 26.7 Å². The number of morpholine rings is 1. The number of carbonyl (C=O) groups is 1. The average Bonchev–Trinajstić information content (AvgIpc) is 2.47. The van der Waals surface area contributed by atoms with Gasteiger partial charge in [0.1, 0.15) is 0 Å². The lowest BCUT2D eigenvalue weighted by Crippen LogP contribution is -2.48. The van der Waals surface area contributed by atoms with E-state index in [1.54, 1.807) is 4.90 Å². The molecule has 1 atom stereocenters. The molecule has 6 heteroatoms. The Bertz CT molecular complexity index is 348. The van der Waals surface area contributed by atoms with Crippen LogP contribution < -0.4 is 5.73 Å². The van der Waals surface area contributed by atoms with Gasteiger partial charge in [0.15, 0.2) is 0 Å². The highest BCUT2D eigenvalue weighted by atomic mass is 16.5. The van der Waals surface area contributed by atoms with Crippen molar-refractivity contribution in [3.63, 3.8) is 0 Å². The summed E-state index contributed by atoms with van der Waals surface area (Å²) in [4.78, 5) is 16.4. The van der Waals surface area contributed by atoms with E-state index in [9.17, 15) is 4.79 Å². The summed E-state index contributed by atoms with van der Waals surface area (Å²) in [7, 11) is 0. The van der Waals surface area contributed by atoms with E-state index >= 15 is 0 Å². The zero-order chi connectivity index (χ0) is 15.7. The molecule has 0 aromatic rings. The van der Waals surface area contributed by atoms with E-state index in [0.29, 0.717) is 31.8 Å². The number of ether oxygens (including phenoxy) is 1. The van der Waals surface area contributed by atoms with Gasteiger partial charge in [-0.1, -0.05) is 13.8 Å². The van der Waals surface area contributed by atoms with Crippen LogP contribution >= 0.6 is 0 Å². The van der Waals surface area contributed by atoms with Gasteiger partial charge in [-0.25, -0.2) is 0 Å². The van der Waals surface area contributed by atoms with Crippen LogP contribution in [-0.4, -0.2) is 67.7 Å². The van der Waals surface area contributed by atoms with Crippen molar-refractivity contribution in [2.24, 2.45) is 11.7 Å². The van der Waals surface area contributed by atoms with Crippen LogP contribution in [0.15, 0.2) is 0 Å². The molecule has 1 fully saturated rings. The Morgan fingerprint density at radius 3 is 2.62 bits per heavy atom. The van der Waals surface area contributed by atoms with E-state index in [4.69, 9.17) is 15.7 Å². The highest BCUT2D eigenvalue weighted by molar-refractivity contribution is 5.81. The second-order valence-corrected chi connectivity index (χ2v) is 5.92. The maximum Gasteiger partial charge on any atom is 0.239 e. The lowest BCUT2D eigenvalue weighted by Gasteiger charge is -2.31. The molecule has 1 amide bonds. The van der Waals surface area contributed by atoms with Crippen LogP contribution in [0.3, 0.4) is 0 Å². The molecule has 21 heavy (non-hydrogen) atoms. The number of nitrogens with two attached hydrogens (primary N) is 1. The monoisotopic (exact) mass is 296 g/mol. The van der Waals surface area contributed by atoms with Gasteiger partial charge in [-0.3, -0.25) is 9.69 Å². The minimum absolute atomic E-state index is 0.0350. The van der Waals surface area contributed by atoms with E-state index in [1.807, 2.05) is 0 Å². The van der Waals surface area contributed by atoms with Crippen molar-refractivity contribution in [3.05, 3.63) is 0 Å². The minimum atomic E-state index is -0.464. The topological polar surface area (TPSA) is 82.6 Å². The normalized spacial score (nSPS) is 17.5. The molecule has 0 unspecified atom stereocenters. The van der Waals surface area contributed by atoms with Crippen molar-refractivity contribution in [2.75, 3.05) is 45.9 Å². The van der Waals surface area contributed by atoms with E-state index in [1.165, 1.54) is 0 Å². The van der Waals surface area contributed by atoms with Gasteiger partial charge < -0.3 is 15.4 Å². The molecule has 0 aromatic carbocycles. The number of hydrogen-bond donors (Lipinski definition) is 1. The number of carbonyl (C=O) groups excluding carboxylic acids is 1. The predicted octanol–water partition coefficient (Wildman–Crippen LogP) is 0.434. The summed E-state index contributed by atoms with van der Waals surface area (Å²) in [5.41, 5.74) is 5.99. The van der Waals surface area contributed by atoms with Gasteiger partial charge in [0, 0.05) is 32.7 Å². The van der Waals surface area contributed by atoms with Crippen LogP contribution in [0.2, 0.25) is 0 Å². The molecule has 0 bridgehead atoms. The first-order valence-electron chi connectivity index (χ1n) is 7.76. The lowest BCUT2D eigenvalue weighted by atomic mass is 10.0. The number of nitriles is 1. The van der Waals surface area contributed by atoms with Gasteiger partial charge in [-0.15, -0.1) is 0 Å². The number of amides is 1. The van der Waals surface area contributed by atoms with Crippen LogP contribution in [-0.2, 0) is 9.53 Å². The van der Waals surface area contributed by atoms with Gasteiger partial charge in [0.2, 0.25) is 5.91 Å². The third-order valence-corrected chi connectivity index (χ3v) is 3.64. The van der Waals surface area contributed by atoms with E-state index < -0.39 is 6.04 Å². The van der Waals surface area contributed by atoms with Crippen molar-refractivity contribution in [1.82, 2.24) is 9.80 Å². The summed E-state index contributed by atoms with van der Waals surface area (Å²) in [6.07, 6.45) is 1.03. The molecule has 0 aromatic heterocycles. The molecule has 6 nitrogen and oxygen atoms in total. The van der Waals surface area contributed by atoms with E-state index in [2.05, 4.69) is 24.8 Å². The highest BCUT2D eigenvalue weighted by Crippen LogP contribution is 2.07. The molecular weight excluding hydrogens is 268 g/mol. The van der Waals surface area contributed by atoms with Crippen LogP contribution in [0.25, 0.3) is 0 Å². The molecule has 2 N–H and O–H groups in total. The largest absolute Gasteiger partial charge is 0.379 e. The quantitative estimate of drug-likeness (QED) is 0.702. The minimum Gasteiger partial charge on any atom is -0.379 e. The standard InChI is InChI=1S/C15H28N4O2/c1-13(2)12-14(17)15(20)19(5-3-4-16)7-6-18-8-10-21-11-9-18/h13-14H,3,5-12,17H2,1-2H3/t14-/m1/s1. The first-order valence-corrected chi connectivity index (χ1v) is 7.76. The molecule has 0 saturated carbocycles. The van der Waals surface area contributed by atoms with Gasteiger partial charge in [0.25, 0.3) is 0 Å². The first-order chi connectivity index (χ1) is 10.0. The van der Waals surface area contributed by atoms with Crippen molar-refractivity contribution >= 4 is 5.91 Å². The van der Waals surface area contributed by atoms with Gasteiger partial charge in [-0.2, -0.15) is 5.26 Å². The maximum absolute atomic E-state index is 12.4. The van der Waals surface area contributed by atoms with Crippen molar-refractivity contribution in [3.8, 4) is 6.07 Å². The summed E-state index contributed by atoms with van der Waals surface area (Å²) < 4.78 is 5.32. The van der Waals surface area contributed by atoms with Gasteiger partial charge >= 0.3 is 0 Å². The van der Waals surface area contributed by atoms with E-state index in [-0.39, 0.29) is 5.91 Å². The highest BCUT2D eigenvalue weighted by Gasteiger charge is 2.22. The first kappa shape index (κ1) is 17.9. The van der Waals surface area contributed by atoms with Crippen molar-refractivity contribution in [2.45, 2.75) is 32.7 Å². The van der Waals surface area contributed by atoms with E-state index in [0.717, 1.165) is 32.8 Å². The summed E-state index contributed by atoms with van der Waals surface area (Å²) >= 11 is 0. The fraction of sp³-hybridized carbons (Fsp3) is 0.867. The Hall–Kier alpha value is -1.16. The molecule has 1 heterocycles. The second kappa shape index (κ2) is 9.72. The zero-order valence-corrected chi connectivity index (χ0v) is 13.3. The Morgan fingerprint density at radius 2 is 2.05 bits per heavy atom. The Labute approximate surface area is 127 Å². The molecule has 1 aliphatic rings.